The summed E-state index contributed by atoms with van der Waals surface area (Å²) in [6, 6.07) is 0.398. The molecule has 1 spiro atoms. The molecule has 68 valence electrons. The van der Waals surface area contributed by atoms with Crippen LogP contribution < -0.4 is 5.73 Å². The van der Waals surface area contributed by atoms with Crippen LogP contribution in [0.25, 0.3) is 0 Å². The molecule has 12 heavy (non-hydrogen) atoms. The lowest BCUT2D eigenvalue weighted by molar-refractivity contribution is 0.209. The van der Waals surface area contributed by atoms with E-state index in [4.69, 9.17) is 10.5 Å². The molecule has 2 rings (SSSR count). The number of nitrogens with two attached hydrogens (primary N) is 1. The van der Waals surface area contributed by atoms with Crippen LogP contribution in [0.2, 0.25) is 0 Å². The number of rotatable bonds is 1. The summed E-state index contributed by atoms with van der Waals surface area (Å²) >= 11 is 0. The van der Waals surface area contributed by atoms with E-state index >= 15 is 0 Å². The molecule has 0 amide bonds. The predicted molar refractivity (Wildman–Crippen MR) is 47.9 cm³/mol. The molecule has 1 aliphatic carbocycles. The zero-order chi connectivity index (χ0) is 8.60. The Kier molecular flexibility index (Phi) is 1.74. The Labute approximate surface area is 73.0 Å². The lowest BCUT2D eigenvalue weighted by Crippen LogP contribution is -2.32. The Bertz CT molecular complexity index is 215. The fourth-order valence-electron chi connectivity index (χ4n) is 2.53. The van der Waals surface area contributed by atoms with Crippen molar-refractivity contribution in [2.75, 3.05) is 6.61 Å². The zero-order valence-electron chi connectivity index (χ0n) is 7.55. The SMILES string of the molecule is CCC1CCCC12COC(N)=N2. The molecule has 2 unspecified atom stereocenters. The summed E-state index contributed by atoms with van der Waals surface area (Å²) in [6.45, 7) is 2.94. The predicted octanol–water partition coefficient (Wildman–Crippen LogP) is 1.28. The van der Waals surface area contributed by atoms with Crippen LogP contribution in [0.1, 0.15) is 32.6 Å². The Balaban J connectivity index is 2.19. The summed E-state index contributed by atoms with van der Waals surface area (Å²) in [5.74, 6) is 0.693. The second-order valence-corrected chi connectivity index (χ2v) is 3.84. The molecule has 1 saturated carbocycles. The molecule has 2 N–H and O–H groups in total. The third kappa shape index (κ3) is 0.993. The lowest BCUT2D eigenvalue weighted by Gasteiger charge is -2.24. The monoisotopic (exact) mass is 168 g/mol. The van der Waals surface area contributed by atoms with Crippen molar-refractivity contribution in [3.8, 4) is 0 Å². The van der Waals surface area contributed by atoms with Crippen molar-refractivity contribution in [1.82, 2.24) is 0 Å². The first-order valence-electron chi connectivity index (χ1n) is 4.75. The van der Waals surface area contributed by atoms with Gasteiger partial charge in [0.15, 0.2) is 0 Å². The average molecular weight is 168 g/mol. The molecule has 3 nitrogen and oxygen atoms in total. The molecular weight excluding hydrogens is 152 g/mol. The van der Waals surface area contributed by atoms with Gasteiger partial charge >= 0.3 is 0 Å². The summed E-state index contributed by atoms with van der Waals surface area (Å²) in [4.78, 5) is 4.44. The van der Waals surface area contributed by atoms with Crippen LogP contribution in [-0.4, -0.2) is 18.2 Å². The molecule has 1 aliphatic heterocycles. The van der Waals surface area contributed by atoms with Gasteiger partial charge in [-0.15, -0.1) is 0 Å². The topological polar surface area (TPSA) is 47.6 Å². The molecule has 0 aromatic heterocycles. The van der Waals surface area contributed by atoms with Crippen LogP contribution in [0.15, 0.2) is 4.99 Å². The molecule has 2 aliphatic rings. The first-order valence-corrected chi connectivity index (χ1v) is 4.75. The molecule has 1 fully saturated rings. The minimum atomic E-state index is 0.0683. The number of hydrogen-bond donors (Lipinski definition) is 1. The zero-order valence-corrected chi connectivity index (χ0v) is 7.55. The van der Waals surface area contributed by atoms with Crippen LogP contribution >= 0.6 is 0 Å². The van der Waals surface area contributed by atoms with Crippen molar-refractivity contribution in [3.05, 3.63) is 0 Å². The maximum absolute atomic E-state index is 5.53. The number of nitrogens with zero attached hydrogens (tertiary/aromatic N) is 1. The largest absolute Gasteiger partial charge is 0.463 e. The second-order valence-electron chi connectivity index (χ2n) is 3.84. The van der Waals surface area contributed by atoms with Crippen LogP contribution in [0.5, 0.6) is 0 Å². The van der Waals surface area contributed by atoms with E-state index in [1.54, 1.807) is 0 Å². The Morgan fingerprint density at radius 2 is 2.58 bits per heavy atom. The maximum atomic E-state index is 5.53. The van der Waals surface area contributed by atoms with E-state index in [0.29, 0.717) is 11.9 Å². The molecule has 0 radical (unpaired) electrons. The van der Waals surface area contributed by atoms with E-state index in [2.05, 4.69) is 11.9 Å². The summed E-state index contributed by atoms with van der Waals surface area (Å²) < 4.78 is 5.25. The van der Waals surface area contributed by atoms with Gasteiger partial charge in [-0.3, -0.25) is 0 Å². The van der Waals surface area contributed by atoms with Crippen molar-refractivity contribution < 1.29 is 4.74 Å². The van der Waals surface area contributed by atoms with Gasteiger partial charge < -0.3 is 10.5 Å². The van der Waals surface area contributed by atoms with Crippen LogP contribution in [-0.2, 0) is 4.74 Å². The fraction of sp³-hybridized carbons (Fsp3) is 0.889. The molecule has 0 aromatic carbocycles. The average Bonchev–Trinajstić information content (AvgIpc) is 2.60. The summed E-state index contributed by atoms with van der Waals surface area (Å²) in [5, 5.41) is 0. The second kappa shape index (κ2) is 2.64. The van der Waals surface area contributed by atoms with E-state index in [0.717, 1.165) is 13.0 Å². The van der Waals surface area contributed by atoms with Crippen molar-refractivity contribution in [1.29, 1.82) is 0 Å². The smallest absolute Gasteiger partial charge is 0.282 e. The molecule has 2 atom stereocenters. The number of ether oxygens (including phenoxy) is 1. The summed E-state index contributed by atoms with van der Waals surface area (Å²) in [7, 11) is 0. The summed E-state index contributed by atoms with van der Waals surface area (Å²) in [6.07, 6.45) is 4.92. The van der Waals surface area contributed by atoms with Gasteiger partial charge in [0.25, 0.3) is 6.02 Å². The van der Waals surface area contributed by atoms with Gasteiger partial charge in [-0.1, -0.05) is 19.8 Å². The minimum Gasteiger partial charge on any atom is -0.463 e. The standard InChI is InChI=1S/C9H16N2O/c1-2-7-4-3-5-9(7)6-12-8(10)11-9/h7H,2-6H2,1H3,(H2,10,11). The number of hydrogen-bond acceptors (Lipinski definition) is 3. The maximum Gasteiger partial charge on any atom is 0.282 e. The highest BCUT2D eigenvalue weighted by Crippen LogP contribution is 2.42. The van der Waals surface area contributed by atoms with Gasteiger partial charge in [0.1, 0.15) is 12.1 Å². The third-order valence-corrected chi connectivity index (χ3v) is 3.22. The molecular formula is C9H16N2O. The van der Waals surface area contributed by atoms with Gasteiger partial charge in [0.05, 0.1) is 0 Å². The molecule has 0 bridgehead atoms. The Hall–Kier alpha value is -0.730. The highest BCUT2D eigenvalue weighted by molar-refractivity contribution is 5.73. The van der Waals surface area contributed by atoms with E-state index in [-0.39, 0.29) is 5.54 Å². The lowest BCUT2D eigenvalue weighted by atomic mass is 9.87. The molecule has 1 heterocycles. The van der Waals surface area contributed by atoms with Gasteiger partial charge in [0.2, 0.25) is 0 Å². The quantitative estimate of drug-likeness (QED) is 0.641. The highest BCUT2D eigenvalue weighted by atomic mass is 16.5. The molecule has 0 saturated heterocycles. The normalized spacial score (nSPS) is 40.1. The van der Waals surface area contributed by atoms with Crippen molar-refractivity contribution in [3.63, 3.8) is 0 Å². The van der Waals surface area contributed by atoms with Gasteiger partial charge in [0, 0.05) is 0 Å². The highest BCUT2D eigenvalue weighted by Gasteiger charge is 2.45. The number of amidine groups is 1. The van der Waals surface area contributed by atoms with E-state index in [1.165, 1.54) is 19.3 Å². The third-order valence-electron chi connectivity index (χ3n) is 3.22. The van der Waals surface area contributed by atoms with Gasteiger partial charge in [-0.05, 0) is 18.8 Å². The minimum absolute atomic E-state index is 0.0683. The van der Waals surface area contributed by atoms with Crippen molar-refractivity contribution in [2.24, 2.45) is 16.6 Å². The Morgan fingerprint density at radius 3 is 3.17 bits per heavy atom. The van der Waals surface area contributed by atoms with Gasteiger partial charge in [-0.2, -0.15) is 0 Å². The van der Waals surface area contributed by atoms with Crippen molar-refractivity contribution in [2.45, 2.75) is 38.1 Å². The van der Waals surface area contributed by atoms with Crippen LogP contribution in [0, 0.1) is 5.92 Å². The number of aliphatic imine (C=N–C) groups is 1. The summed E-state index contributed by atoms with van der Waals surface area (Å²) in [5.41, 5.74) is 5.60. The van der Waals surface area contributed by atoms with Crippen molar-refractivity contribution >= 4 is 6.02 Å². The van der Waals surface area contributed by atoms with E-state index in [1.807, 2.05) is 0 Å². The van der Waals surface area contributed by atoms with Crippen LogP contribution in [0.4, 0.5) is 0 Å². The molecule has 0 aromatic rings. The Morgan fingerprint density at radius 1 is 1.75 bits per heavy atom. The first kappa shape index (κ1) is 7.90. The van der Waals surface area contributed by atoms with Crippen LogP contribution in [0.3, 0.4) is 0 Å². The van der Waals surface area contributed by atoms with Gasteiger partial charge in [-0.25, -0.2) is 4.99 Å². The molecule has 3 heteroatoms. The van der Waals surface area contributed by atoms with E-state index in [9.17, 15) is 0 Å². The van der Waals surface area contributed by atoms with E-state index < -0.39 is 0 Å². The first-order chi connectivity index (χ1) is 5.77. The fourth-order valence-corrected chi connectivity index (χ4v) is 2.53.